The summed E-state index contributed by atoms with van der Waals surface area (Å²) < 4.78 is 13.2. The fourth-order valence-electron chi connectivity index (χ4n) is 3.38. The highest BCUT2D eigenvalue weighted by molar-refractivity contribution is 7.11. The minimum atomic E-state index is -0.287. The van der Waals surface area contributed by atoms with Gasteiger partial charge in [-0.15, -0.1) is 11.3 Å². The maximum Gasteiger partial charge on any atom is 0.242 e. The van der Waals surface area contributed by atoms with Crippen LogP contribution in [0.15, 0.2) is 36.4 Å². The van der Waals surface area contributed by atoms with Crippen LogP contribution in [0.5, 0.6) is 0 Å². The standard InChI is InChI=1S/C22H25FN2O2S/c1-15-2-11-20(28-15)13-24(12-16-3-7-18(23)8-4-16)21(26)14-25(19-9-10-19)22(27)17-5-6-17/h2-4,7-8,11,17,19H,5-6,9-10,12-14H2,1H3. The molecule has 1 aromatic heterocycles. The van der Waals surface area contributed by atoms with E-state index in [1.165, 1.54) is 17.0 Å². The summed E-state index contributed by atoms with van der Waals surface area (Å²) in [7, 11) is 0. The van der Waals surface area contributed by atoms with Crippen molar-refractivity contribution in [3.05, 3.63) is 57.5 Å². The molecule has 0 aliphatic heterocycles. The highest BCUT2D eigenvalue weighted by Gasteiger charge is 2.41. The normalized spacial score (nSPS) is 16.1. The number of aryl methyl sites for hydroxylation is 1. The first-order valence-electron chi connectivity index (χ1n) is 9.87. The summed E-state index contributed by atoms with van der Waals surface area (Å²) in [6.45, 7) is 3.10. The van der Waals surface area contributed by atoms with Crippen LogP contribution in [0.4, 0.5) is 4.39 Å². The number of hydrogen-bond acceptors (Lipinski definition) is 3. The number of thiophene rings is 1. The number of rotatable bonds is 8. The van der Waals surface area contributed by atoms with Crippen molar-refractivity contribution < 1.29 is 14.0 Å². The first-order valence-corrected chi connectivity index (χ1v) is 10.7. The molecule has 1 aromatic carbocycles. The molecule has 2 aliphatic rings. The predicted octanol–water partition coefficient (Wildman–Crippen LogP) is 4.13. The fraction of sp³-hybridized carbons (Fsp3) is 0.455. The van der Waals surface area contributed by atoms with Crippen molar-refractivity contribution >= 4 is 23.2 Å². The lowest BCUT2D eigenvalue weighted by molar-refractivity contribution is -0.142. The highest BCUT2D eigenvalue weighted by atomic mass is 32.1. The molecule has 28 heavy (non-hydrogen) atoms. The van der Waals surface area contributed by atoms with Crippen LogP contribution in [-0.2, 0) is 22.7 Å². The second-order valence-corrected chi connectivity index (χ2v) is 9.23. The Kier molecular flexibility index (Phi) is 5.49. The van der Waals surface area contributed by atoms with Gasteiger partial charge in [-0.1, -0.05) is 12.1 Å². The van der Waals surface area contributed by atoms with Crippen molar-refractivity contribution in [1.29, 1.82) is 0 Å². The van der Waals surface area contributed by atoms with Crippen molar-refractivity contribution in [1.82, 2.24) is 9.80 Å². The van der Waals surface area contributed by atoms with E-state index in [2.05, 4.69) is 0 Å². The summed E-state index contributed by atoms with van der Waals surface area (Å²) in [6, 6.07) is 10.6. The van der Waals surface area contributed by atoms with Gasteiger partial charge in [-0.05, 0) is 62.4 Å². The molecule has 0 radical (unpaired) electrons. The first kappa shape index (κ1) is 19.1. The van der Waals surface area contributed by atoms with Crippen LogP contribution < -0.4 is 0 Å². The minimum absolute atomic E-state index is 0.0451. The number of carbonyl (C=O) groups excluding carboxylic acids is 2. The van der Waals surface area contributed by atoms with Gasteiger partial charge in [0.2, 0.25) is 11.8 Å². The average Bonchev–Trinajstić information content (AvgIpc) is 3.59. The molecule has 0 bridgehead atoms. The third-order valence-corrected chi connectivity index (χ3v) is 6.27. The van der Waals surface area contributed by atoms with Crippen LogP contribution in [0.2, 0.25) is 0 Å². The monoisotopic (exact) mass is 400 g/mol. The number of halogens is 1. The summed E-state index contributed by atoms with van der Waals surface area (Å²) in [4.78, 5) is 31.7. The number of hydrogen-bond donors (Lipinski definition) is 0. The van der Waals surface area contributed by atoms with Crippen molar-refractivity contribution in [2.45, 2.75) is 51.7 Å². The van der Waals surface area contributed by atoms with E-state index in [0.717, 1.165) is 36.1 Å². The maximum atomic E-state index is 13.2. The molecule has 4 nitrogen and oxygen atoms in total. The lowest BCUT2D eigenvalue weighted by atomic mass is 10.2. The zero-order chi connectivity index (χ0) is 19.7. The quantitative estimate of drug-likeness (QED) is 0.669. The summed E-state index contributed by atoms with van der Waals surface area (Å²) in [5, 5.41) is 0. The number of nitrogens with zero attached hydrogens (tertiary/aromatic N) is 2. The van der Waals surface area contributed by atoms with Gasteiger partial charge >= 0.3 is 0 Å². The van der Waals surface area contributed by atoms with Crippen LogP contribution in [0.25, 0.3) is 0 Å². The van der Waals surface area contributed by atoms with Gasteiger partial charge < -0.3 is 9.80 Å². The van der Waals surface area contributed by atoms with E-state index < -0.39 is 0 Å². The Labute approximate surface area is 169 Å². The average molecular weight is 401 g/mol. The smallest absolute Gasteiger partial charge is 0.242 e. The van der Waals surface area contributed by atoms with Gasteiger partial charge in [0.15, 0.2) is 0 Å². The summed E-state index contributed by atoms with van der Waals surface area (Å²) >= 11 is 1.67. The molecule has 2 saturated carbocycles. The molecule has 0 spiro atoms. The Morgan fingerprint density at radius 1 is 1.04 bits per heavy atom. The molecule has 6 heteroatoms. The van der Waals surface area contributed by atoms with Gasteiger partial charge in [0.1, 0.15) is 12.4 Å². The minimum Gasteiger partial charge on any atom is -0.332 e. The van der Waals surface area contributed by atoms with Crippen molar-refractivity contribution in [2.75, 3.05) is 6.54 Å². The molecular weight excluding hydrogens is 375 g/mol. The Morgan fingerprint density at radius 2 is 1.75 bits per heavy atom. The van der Waals surface area contributed by atoms with Crippen molar-refractivity contribution in [2.24, 2.45) is 5.92 Å². The third-order valence-electron chi connectivity index (χ3n) is 5.29. The Bertz CT molecular complexity index is 856. The summed E-state index contributed by atoms with van der Waals surface area (Å²) in [5.74, 6) is -0.0647. The summed E-state index contributed by atoms with van der Waals surface area (Å²) in [6.07, 6.45) is 3.88. The molecule has 0 N–H and O–H groups in total. The van der Waals surface area contributed by atoms with E-state index in [1.54, 1.807) is 33.3 Å². The maximum absolute atomic E-state index is 13.2. The molecule has 0 saturated heterocycles. The summed E-state index contributed by atoms with van der Waals surface area (Å²) in [5.41, 5.74) is 0.884. The van der Waals surface area contributed by atoms with Gasteiger partial charge in [0.25, 0.3) is 0 Å². The lowest BCUT2D eigenvalue weighted by Gasteiger charge is -2.28. The lowest BCUT2D eigenvalue weighted by Crippen LogP contribution is -2.44. The first-order chi connectivity index (χ1) is 13.5. The zero-order valence-electron chi connectivity index (χ0n) is 16.1. The van der Waals surface area contributed by atoms with E-state index in [4.69, 9.17) is 0 Å². The molecule has 2 amide bonds. The molecule has 0 atom stereocenters. The van der Waals surface area contributed by atoms with E-state index in [-0.39, 0.29) is 36.1 Å². The predicted molar refractivity (Wildman–Crippen MR) is 107 cm³/mol. The molecule has 148 valence electrons. The van der Waals surface area contributed by atoms with E-state index >= 15 is 0 Å². The van der Waals surface area contributed by atoms with Crippen LogP contribution in [0.3, 0.4) is 0 Å². The molecular formula is C22H25FN2O2S. The second kappa shape index (κ2) is 8.03. The Morgan fingerprint density at radius 3 is 2.32 bits per heavy atom. The Balaban J connectivity index is 1.49. The molecule has 2 fully saturated rings. The molecule has 0 unspecified atom stereocenters. The van der Waals surface area contributed by atoms with Crippen molar-refractivity contribution in [3.8, 4) is 0 Å². The largest absolute Gasteiger partial charge is 0.332 e. The number of carbonyl (C=O) groups is 2. The van der Waals surface area contributed by atoms with E-state index in [9.17, 15) is 14.0 Å². The van der Waals surface area contributed by atoms with Crippen LogP contribution in [0.1, 0.15) is 41.0 Å². The van der Waals surface area contributed by atoms with Crippen LogP contribution in [-0.4, -0.2) is 34.2 Å². The van der Waals surface area contributed by atoms with Crippen LogP contribution in [0, 0.1) is 18.7 Å². The molecule has 1 heterocycles. The second-order valence-electron chi connectivity index (χ2n) is 7.86. The van der Waals surface area contributed by atoms with E-state index in [1.807, 2.05) is 19.1 Å². The van der Waals surface area contributed by atoms with Gasteiger partial charge in [-0.3, -0.25) is 9.59 Å². The third kappa shape index (κ3) is 4.79. The molecule has 4 rings (SSSR count). The molecule has 2 aromatic rings. The van der Waals surface area contributed by atoms with Gasteiger partial charge in [-0.2, -0.15) is 0 Å². The fourth-order valence-corrected chi connectivity index (χ4v) is 4.29. The van der Waals surface area contributed by atoms with E-state index in [0.29, 0.717) is 13.1 Å². The SMILES string of the molecule is Cc1ccc(CN(Cc2ccc(F)cc2)C(=O)CN(C(=O)C2CC2)C2CC2)s1. The molecule has 2 aliphatic carbocycles. The van der Waals surface area contributed by atoms with Gasteiger partial charge in [0.05, 0.1) is 6.54 Å². The van der Waals surface area contributed by atoms with Gasteiger partial charge in [-0.25, -0.2) is 4.39 Å². The highest BCUT2D eigenvalue weighted by Crippen LogP contribution is 2.36. The number of benzene rings is 1. The van der Waals surface area contributed by atoms with Crippen LogP contribution >= 0.6 is 11.3 Å². The number of amides is 2. The van der Waals surface area contributed by atoms with Gasteiger partial charge in [0, 0.05) is 28.3 Å². The van der Waals surface area contributed by atoms with Crippen molar-refractivity contribution in [3.63, 3.8) is 0 Å². The Hall–Kier alpha value is -2.21. The zero-order valence-corrected chi connectivity index (χ0v) is 16.9. The topological polar surface area (TPSA) is 40.6 Å².